The zero-order chi connectivity index (χ0) is 15.5. The van der Waals surface area contributed by atoms with E-state index in [4.69, 9.17) is 14.2 Å². The first kappa shape index (κ1) is 15.3. The first-order valence-corrected chi connectivity index (χ1v) is 7.51. The molecule has 1 amide bonds. The zero-order valence-electron chi connectivity index (χ0n) is 12.5. The van der Waals surface area contributed by atoms with Crippen LogP contribution in [0.5, 0.6) is 5.75 Å². The van der Waals surface area contributed by atoms with Crippen molar-refractivity contribution < 1.29 is 24.1 Å². The van der Waals surface area contributed by atoms with Gasteiger partial charge in [-0.05, 0) is 18.1 Å². The summed E-state index contributed by atoms with van der Waals surface area (Å²) >= 11 is 0. The Morgan fingerprint density at radius 3 is 2.91 bits per heavy atom. The van der Waals surface area contributed by atoms with Crippen LogP contribution < -0.4 is 10.1 Å². The molecule has 6 nitrogen and oxygen atoms in total. The fraction of sp³-hybridized carbons (Fsp3) is 0.562. The topological polar surface area (TPSA) is 77.0 Å². The Kier molecular flexibility index (Phi) is 4.61. The highest BCUT2D eigenvalue weighted by molar-refractivity contribution is 5.76. The molecule has 0 bridgehead atoms. The number of hydrogen-bond acceptors (Lipinski definition) is 5. The van der Waals surface area contributed by atoms with Gasteiger partial charge in [0, 0.05) is 6.42 Å². The van der Waals surface area contributed by atoms with Gasteiger partial charge < -0.3 is 24.6 Å². The van der Waals surface area contributed by atoms with E-state index in [-0.39, 0.29) is 30.8 Å². The van der Waals surface area contributed by atoms with Crippen LogP contribution in [0.25, 0.3) is 0 Å². The maximum atomic E-state index is 12.1. The van der Waals surface area contributed by atoms with Crippen LogP contribution in [0, 0.1) is 0 Å². The van der Waals surface area contributed by atoms with E-state index in [9.17, 15) is 9.90 Å². The quantitative estimate of drug-likeness (QED) is 0.816. The summed E-state index contributed by atoms with van der Waals surface area (Å²) in [5, 5.41) is 12.6. The summed E-state index contributed by atoms with van der Waals surface area (Å²) in [7, 11) is 1.62. The Morgan fingerprint density at radius 2 is 2.09 bits per heavy atom. The van der Waals surface area contributed by atoms with Crippen molar-refractivity contribution in [2.45, 2.75) is 37.2 Å². The summed E-state index contributed by atoms with van der Waals surface area (Å²) in [4.78, 5) is 12.1. The molecule has 0 spiro atoms. The highest BCUT2D eigenvalue weighted by atomic mass is 16.6. The molecule has 3 rings (SSSR count). The summed E-state index contributed by atoms with van der Waals surface area (Å²) in [6.07, 6.45) is -0.178. The average Bonchev–Trinajstić information content (AvgIpc) is 3.09. The minimum Gasteiger partial charge on any atom is -0.496 e. The van der Waals surface area contributed by atoms with E-state index >= 15 is 0 Å². The van der Waals surface area contributed by atoms with Gasteiger partial charge in [0.25, 0.3) is 0 Å². The number of aliphatic hydroxyl groups excluding tert-OH is 1. The summed E-state index contributed by atoms with van der Waals surface area (Å²) in [6.45, 7) is 0.649. The molecule has 22 heavy (non-hydrogen) atoms. The van der Waals surface area contributed by atoms with Gasteiger partial charge >= 0.3 is 0 Å². The van der Waals surface area contributed by atoms with Crippen molar-refractivity contribution in [3.8, 4) is 5.75 Å². The molecule has 2 saturated heterocycles. The number of methoxy groups -OCH3 is 1. The number of aryl methyl sites for hydroxylation is 1. The van der Waals surface area contributed by atoms with Crippen LogP contribution in [0.2, 0.25) is 0 Å². The van der Waals surface area contributed by atoms with Crippen molar-refractivity contribution in [3.63, 3.8) is 0 Å². The van der Waals surface area contributed by atoms with E-state index < -0.39 is 6.10 Å². The molecular formula is C16H21NO5. The predicted octanol–water partition coefficient (Wildman–Crippen LogP) is 0.271. The van der Waals surface area contributed by atoms with Gasteiger partial charge in [-0.2, -0.15) is 0 Å². The molecule has 0 unspecified atom stereocenters. The lowest BCUT2D eigenvalue weighted by atomic mass is 10.1. The molecule has 2 N–H and O–H groups in total. The van der Waals surface area contributed by atoms with E-state index in [0.717, 1.165) is 11.3 Å². The number of rotatable bonds is 5. The van der Waals surface area contributed by atoms with Gasteiger partial charge in [0.2, 0.25) is 5.91 Å². The second-order valence-corrected chi connectivity index (χ2v) is 5.65. The average molecular weight is 307 g/mol. The molecule has 6 heteroatoms. The second-order valence-electron chi connectivity index (χ2n) is 5.65. The van der Waals surface area contributed by atoms with Crippen LogP contribution in [0.15, 0.2) is 24.3 Å². The van der Waals surface area contributed by atoms with Gasteiger partial charge in [-0.3, -0.25) is 4.79 Å². The molecule has 2 aliphatic rings. The van der Waals surface area contributed by atoms with E-state index in [2.05, 4.69) is 5.32 Å². The maximum absolute atomic E-state index is 12.1. The Hall–Kier alpha value is -1.63. The first-order chi connectivity index (χ1) is 10.7. The normalized spacial score (nSPS) is 30.1. The van der Waals surface area contributed by atoms with Crippen LogP contribution in [0.3, 0.4) is 0 Å². The minimum absolute atomic E-state index is 0.0508. The number of aliphatic hydroxyl groups is 1. The van der Waals surface area contributed by atoms with Crippen LogP contribution in [0.4, 0.5) is 0 Å². The van der Waals surface area contributed by atoms with Crippen LogP contribution >= 0.6 is 0 Å². The number of benzene rings is 1. The highest BCUT2D eigenvalue weighted by Gasteiger charge is 2.47. The van der Waals surface area contributed by atoms with Crippen LogP contribution in [-0.4, -0.2) is 55.7 Å². The highest BCUT2D eigenvalue weighted by Crippen LogP contribution is 2.27. The summed E-state index contributed by atoms with van der Waals surface area (Å²) < 4.78 is 16.3. The molecule has 4 atom stereocenters. The summed E-state index contributed by atoms with van der Waals surface area (Å²) in [5.41, 5.74) is 1.01. The fourth-order valence-electron chi connectivity index (χ4n) is 3.04. The summed E-state index contributed by atoms with van der Waals surface area (Å²) in [5.74, 6) is 0.743. The lowest BCUT2D eigenvalue weighted by Gasteiger charge is -2.17. The molecule has 2 heterocycles. The molecule has 120 valence electrons. The lowest BCUT2D eigenvalue weighted by Crippen LogP contribution is -2.44. The number of hydrogen-bond donors (Lipinski definition) is 2. The molecule has 0 aromatic heterocycles. The van der Waals surface area contributed by atoms with Gasteiger partial charge in [-0.25, -0.2) is 0 Å². The largest absolute Gasteiger partial charge is 0.496 e. The van der Waals surface area contributed by atoms with Crippen molar-refractivity contribution in [2.75, 3.05) is 20.3 Å². The molecule has 1 aromatic rings. The zero-order valence-corrected chi connectivity index (χ0v) is 12.5. The number of carbonyl (C=O) groups excluding carboxylic acids is 1. The predicted molar refractivity (Wildman–Crippen MR) is 78.7 cm³/mol. The number of amides is 1. The number of nitrogens with one attached hydrogen (secondary N) is 1. The van der Waals surface area contributed by atoms with Crippen molar-refractivity contribution >= 4 is 5.91 Å². The van der Waals surface area contributed by atoms with Gasteiger partial charge in [-0.1, -0.05) is 18.2 Å². The summed E-state index contributed by atoms with van der Waals surface area (Å²) in [6, 6.07) is 7.49. The van der Waals surface area contributed by atoms with Crippen molar-refractivity contribution in [2.24, 2.45) is 0 Å². The molecular weight excluding hydrogens is 286 g/mol. The van der Waals surface area contributed by atoms with E-state index in [0.29, 0.717) is 19.4 Å². The SMILES string of the molecule is COc1ccccc1CCC(=O)N[C@@H]1CO[C@H]2[C@@H]1OC[C@H]2O. The monoisotopic (exact) mass is 307 g/mol. The molecule has 0 saturated carbocycles. The van der Waals surface area contributed by atoms with Crippen LogP contribution in [0.1, 0.15) is 12.0 Å². The van der Waals surface area contributed by atoms with E-state index in [1.807, 2.05) is 24.3 Å². The van der Waals surface area contributed by atoms with Crippen molar-refractivity contribution in [1.29, 1.82) is 0 Å². The lowest BCUT2D eigenvalue weighted by molar-refractivity contribution is -0.122. The van der Waals surface area contributed by atoms with Gasteiger partial charge in [0.1, 0.15) is 24.1 Å². The number of ether oxygens (including phenoxy) is 3. The van der Waals surface area contributed by atoms with E-state index in [1.54, 1.807) is 7.11 Å². The number of carbonyl (C=O) groups is 1. The third kappa shape index (κ3) is 3.09. The van der Waals surface area contributed by atoms with Gasteiger partial charge in [0.05, 0.1) is 26.4 Å². The first-order valence-electron chi connectivity index (χ1n) is 7.51. The number of fused-ring (bicyclic) bond motifs is 1. The molecule has 1 aromatic carbocycles. The Bertz CT molecular complexity index is 535. The third-order valence-corrected chi connectivity index (χ3v) is 4.19. The van der Waals surface area contributed by atoms with Gasteiger partial charge in [-0.15, -0.1) is 0 Å². The smallest absolute Gasteiger partial charge is 0.220 e. The fourth-order valence-corrected chi connectivity index (χ4v) is 3.04. The van der Waals surface area contributed by atoms with Gasteiger partial charge in [0.15, 0.2) is 0 Å². The van der Waals surface area contributed by atoms with Crippen LogP contribution in [-0.2, 0) is 20.7 Å². The molecule has 2 fully saturated rings. The van der Waals surface area contributed by atoms with Crippen molar-refractivity contribution in [1.82, 2.24) is 5.32 Å². The Morgan fingerprint density at radius 1 is 1.32 bits per heavy atom. The Labute approximate surface area is 129 Å². The number of para-hydroxylation sites is 1. The third-order valence-electron chi connectivity index (χ3n) is 4.19. The standard InChI is InChI=1S/C16H21NO5/c1-20-13-5-3-2-4-10(13)6-7-14(19)17-11-8-21-16-12(18)9-22-15(11)16/h2-5,11-12,15-16,18H,6-9H2,1H3,(H,17,19)/t11-,12-,15-,16-/m1/s1. The molecule has 0 radical (unpaired) electrons. The van der Waals surface area contributed by atoms with E-state index in [1.165, 1.54) is 0 Å². The Balaban J connectivity index is 1.51. The maximum Gasteiger partial charge on any atom is 0.220 e. The van der Waals surface area contributed by atoms with Crippen molar-refractivity contribution in [3.05, 3.63) is 29.8 Å². The second kappa shape index (κ2) is 6.64. The molecule has 0 aliphatic carbocycles. The molecule has 2 aliphatic heterocycles. The minimum atomic E-state index is -0.597.